The van der Waals surface area contributed by atoms with E-state index in [-0.39, 0.29) is 11.5 Å². The van der Waals surface area contributed by atoms with Crippen molar-refractivity contribution >= 4 is 11.7 Å². The number of carbonyl (C=O) groups is 1. The highest BCUT2D eigenvalue weighted by Gasteiger charge is 2.37. The van der Waals surface area contributed by atoms with Crippen LogP contribution in [0.3, 0.4) is 0 Å². The fraction of sp³-hybridized carbons (Fsp3) is 0.645. The van der Waals surface area contributed by atoms with Crippen LogP contribution in [0.5, 0.6) is 5.88 Å². The van der Waals surface area contributed by atoms with Gasteiger partial charge >= 0.3 is 5.97 Å². The predicted octanol–water partition coefficient (Wildman–Crippen LogP) is 6.92. The maximum atomic E-state index is 13.5. The Morgan fingerprint density at radius 2 is 1.71 bits per heavy atom. The lowest BCUT2D eigenvalue weighted by Gasteiger charge is -2.41. The van der Waals surface area contributed by atoms with Crippen LogP contribution in [0, 0.1) is 18.3 Å². The SMILES string of the molecule is Cc1ncc(-c2ccc(OCC(C)C)nc2)c(N2CCC(C)(C)CC2)c1C(OC(C)(C)C)C(=O)OC(C)C. The minimum absolute atomic E-state index is 0.258. The third-order valence-electron chi connectivity index (χ3n) is 6.63. The first-order valence-electron chi connectivity index (χ1n) is 13.9. The first-order chi connectivity index (χ1) is 17.7. The fourth-order valence-electron chi connectivity index (χ4n) is 4.56. The minimum Gasteiger partial charge on any atom is -0.477 e. The Balaban J connectivity index is 2.17. The summed E-state index contributed by atoms with van der Waals surface area (Å²) in [6, 6.07) is 3.92. The summed E-state index contributed by atoms with van der Waals surface area (Å²) < 4.78 is 18.0. The number of anilines is 1. The molecular weight excluding hydrogens is 478 g/mol. The number of aromatic nitrogens is 2. The van der Waals surface area contributed by atoms with Gasteiger partial charge < -0.3 is 19.1 Å². The number of hydrogen-bond donors (Lipinski definition) is 0. The Bertz CT molecular complexity index is 1080. The highest BCUT2D eigenvalue weighted by atomic mass is 16.6. The van der Waals surface area contributed by atoms with E-state index in [1.165, 1.54) is 0 Å². The van der Waals surface area contributed by atoms with E-state index in [0.717, 1.165) is 54.0 Å². The van der Waals surface area contributed by atoms with Gasteiger partial charge in [0.05, 0.1) is 24.0 Å². The Morgan fingerprint density at radius 3 is 2.24 bits per heavy atom. The van der Waals surface area contributed by atoms with Gasteiger partial charge in [0.15, 0.2) is 6.10 Å². The molecule has 0 aliphatic carbocycles. The van der Waals surface area contributed by atoms with E-state index in [0.29, 0.717) is 18.4 Å². The van der Waals surface area contributed by atoms with Gasteiger partial charge in [0.1, 0.15) is 0 Å². The van der Waals surface area contributed by atoms with E-state index in [4.69, 9.17) is 19.2 Å². The molecule has 1 fully saturated rings. The minimum atomic E-state index is -0.906. The monoisotopic (exact) mass is 525 g/mol. The Morgan fingerprint density at radius 1 is 1.05 bits per heavy atom. The number of pyridine rings is 2. The number of aryl methyl sites for hydroxylation is 1. The smallest absolute Gasteiger partial charge is 0.340 e. The maximum absolute atomic E-state index is 13.5. The number of rotatable bonds is 9. The van der Waals surface area contributed by atoms with Gasteiger partial charge in [0.25, 0.3) is 0 Å². The lowest BCUT2D eigenvalue weighted by atomic mass is 9.82. The molecule has 7 nitrogen and oxygen atoms in total. The summed E-state index contributed by atoms with van der Waals surface area (Å²) in [5.74, 6) is 0.616. The van der Waals surface area contributed by atoms with Crippen LogP contribution in [0.2, 0.25) is 0 Å². The van der Waals surface area contributed by atoms with Crippen LogP contribution in [0.15, 0.2) is 24.5 Å². The molecule has 3 heterocycles. The van der Waals surface area contributed by atoms with Crippen LogP contribution in [0.4, 0.5) is 5.69 Å². The van der Waals surface area contributed by atoms with Crippen molar-refractivity contribution in [2.45, 2.75) is 99.9 Å². The summed E-state index contributed by atoms with van der Waals surface area (Å²) in [5, 5.41) is 0. The van der Waals surface area contributed by atoms with Gasteiger partial charge in [-0.15, -0.1) is 0 Å². The van der Waals surface area contributed by atoms with Crippen molar-refractivity contribution in [3.63, 3.8) is 0 Å². The van der Waals surface area contributed by atoms with Gasteiger partial charge in [-0.2, -0.15) is 0 Å². The van der Waals surface area contributed by atoms with Gasteiger partial charge in [0, 0.05) is 53.9 Å². The molecule has 1 aliphatic heterocycles. The molecule has 0 amide bonds. The molecule has 0 radical (unpaired) electrons. The molecule has 2 aromatic rings. The highest BCUT2D eigenvalue weighted by Crippen LogP contribution is 2.43. The Hall–Kier alpha value is -2.67. The van der Waals surface area contributed by atoms with E-state index >= 15 is 0 Å². The Labute approximate surface area is 229 Å². The lowest BCUT2D eigenvalue weighted by molar-refractivity contribution is -0.171. The molecule has 210 valence electrons. The van der Waals surface area contributed by atoms with Crippen LogP contribution >= 0.6 is 0 Å². The second-order valence-electron chi connectivity index (χ2n) is 12.9. The van der Waals surface area contributed by atoms with Crippen molar-refractivity contribution in [1.29, 1.82) is 0 Å². The van der Waals surface area contributed by atoms with Crippen LogP contribution < -0.4 is 9.64 Å². The van der Waals surface area contributed by atoms with Crippen LogP contribution in [-0.4, -0.2) is 47.3 Å². The molecule has 1 unspecified atom stereocenters. The van der Waals surface area contributed by atoms with Crippen molar-refractivity contribution in [2.75, 3.05) is 24.6 Å². The van der Waals surface area contributed by atoms with Crippen molar-refractivity contribution in [3.8, 4) is 17.0 Å². The first kappa shape index (κ1) is 29.9. The number of esters is 1. The van der Waals surface area contributed by atoms with Gasteiger partial charge in [-0.25, -0.2) is 9.78 Å². The molecule has 1 atom stereocenters. The maximum Gasteiger partial charge on any atom is 0.340 e. The summed E-state index contributed by atoms with van der Waals surface area (Å²) in [7, 11) is 0. The molecule has 1 saturated heterocycles. The summed E-state index contributed by atoms with van der Waals surface area (Å²) in [6.07, 6.45) is 4.66. The zero-order chi connectivity index (χ0) is 28.3. The van der Waals surface area contributed by atoms with Crippen LogP contribution in [-0.2, 0) is 14.3 Å². The summed E-state index contributed by atoms with van der Waals surface area (Å²) in [4.78, 5) is 25.2. The average Bonchev–Trinajstić information content (AvgIpc) is 2.81. The Kier molecular flexibility index (Phi) is 9.45. The van der Waals surface area contributed by atoms with E-state index in [1.807, 2.05) is 66.1 Å². The van der Waals surface area contributed by atoms with E-state index in [2.05, 4.69) is 37.6 Å². The fourth-order valence-corrected chi connectivity index (χ4v) is 4.56. The quantitative estimate of drug-likeness (QED) is 0.329. The number of piperidine rings is 1. The van der Waals surface area contributed by atoms with Crippen molar-refractivity contribution in [2.24, 2.45) is 11.3 Å². The largest absolute Gasteiger partial charge is 0.477 e. The first-order valence-corrected chi connectivity index (χ1v) is 13.9. The molecule has 0 saturated carbocycles. The standard InChI is InChI=1S/C31H47N3O4/c1-20(2)19-36-25-12-11-23(17-33-25)24-18-32-22(5)26(27(24)34-15-13-31(9,10)14-16-34)28(38-30(6,7)8)29(35)37-21(3)4/h11-12,17-18,20-21,28H,13-16,19H2,1-10H3. The van der Waals surface area contributed by atoms with Gasteiger partial charge in [-0.3, -0.25) is 4.98 Å². The summed E-state index contributed by atoms with van der Waals surface area (Å²) in [6.45, 7) is 22.7. The highest BCUT2D eigenvalue weighted by molar-refractivity contribution is 5.87. The molecule has 0 bridgehead atoms. The molecule has 38 heavy (non-hydrogen) atoms. The topological polar surface area (TPSA) is 73.8 Å². The molecule has 0 aromatic carbocycles. The third-order valence-corrected chi connectivity index (χ3v) is 6.63. The molecular formula is C31H47N3O4. The van der Waals surface area contributed by atoms with Crippen LogP contribution in [0.25, 0.3) is 11.1 Å². The van der Waals surface area contributed by atoms with E-state index in [9.17, 15) is 4.79 Å². The molecule has 3 rings (SSSR count). The third kappa shape index (κ3) is 7.92. The second kappa shape index (κ2) is 12.0. The van der Waals surface area contributed by atoms with E-state index in [1.54, 1.807) is 0 Å². The second-order valence-corrected chi connectivity index (χ2v) is 12.9. The number of nitrogens with zero attached hydrogens (tertiary/aromatic N) is 3. The van der Waals surface area contributed by atoms with Crippen molar-refractivity contribution in [1.82, 2.24) is 9.97 Å². The summed E-state index contributed by atoms with van der Waals surface area (Å²) in [5.41, 5.74) is 4.04. The summed E-state index contributed by atoms with van der Waals surface area (Å²) >= 11 is 0. The average molecular weight is 526 g/mol. The zero-order valence-corrected chi connectivity index (χ0v) is 25.1. The van der Waals surface area contributed by atoms with Crippen molar-refractivity contribution in [3.05, 3.63) is 35.8 Å². The number of hydrogen-bond acceptors (Lipinski definition) is 7. The van der Waals surface area contributed by atoms with Crippen molar-refractivity contribution < 1.29 is 19.0 Å². The van der Waals surface area contributed by atoms with Gasteiger partial charge in [-0.05, 0) is 71.8 Å². The zero-order valence-electron chi connectivity index (χ0n) is 25.1. The molecule has 0 spiro atoms. The number of ether oxygens (including phenoxy) is 3. The number of carbonyl (C=O) groups excluding carboxylic acids is 1. The molecule has 0 N–H and O–H groups in total. The van der Waals surface area contributed by atoms with Gasteiger partial charge in [-0.1, -0.05) is 27.7 Å². The normalized spacial score (nSPS) is 16.6. The van der Waals surface area contributed by atoms with E-state index < -0.39 is 17.7 Å². The van der Waals surface area contributed by atoms with Gasteiger partial charge in [0.2, 0.25) is 5.88 Å². The lowest BCUT2D eigenvalue weighted by Crippen LogP contribution is -2.39. The predicted molar refractivity (Wildman–Crippen MR) is 153 cm³/mol. The molecule has 2 aromatic heterocycles. The van der Waals surface area contributed by atoms with Crippen LogP contribution in [0.1, 0.15) is 92.5 Å². The molecule has 7 heteroatoms. The molecule has 1 aliphatic rings.